The van der Waals surface area contributed by atoms with Crippen molar-refractivity contribution in [2.75, 3.05) is 16.5 Å². The number of aryl methyl sites for hydroxylation is 2. The summed E-state index contributed by atoms with van der Waals surface area (Å²) in [4.78, 5) is 2.29. The van der Waals surface area contributed by atoms with E-state index >= 15 is 0 Å². The molecule has 0 amide bonds. The van der Waals surface area contributed by atoms with E-state index in [1.807, 2.05) is 6.21 Å². The van der Waals surface area contributed by atoms with Crippen molar-refractivity contribution in [2.24, 2.45) is 5.10 Å². The number of para-hydroxylation sites is 1. The fourth-order valence-electron chi connectivity index (χ4n) is 4.12. The zero-order valence-electron chi connectivity index (χ0n) is 18.6. The number of hydrogen-bond donors (Lipinski definition) is 0. The van der Waals surface area contributed by atoms with E-state index in [2.05, 4.69) is 121 Å². The van der Waals surface area contributed by atoms with E-state index in [1.165, 1.54) is 22.4 Å². The summed E-state index contributed by atoms with van der Waals surface area (Å²) in [5.74, 6) is 0. The first-order chi connectivity index (χ1) is 15.7. The van der Waals surface area contributed by atoms with Gasteiger partial charge in [0.1, 0.15) is 0 Å². The zero-order chi connectivity index (χ0) is 21.9. The fourth-order valence-corrected chi connectivity index (χ4v) is 4.12. The highest BCUT2D eigenvalue weighted by molar-refractivity contribution is 5.83. The second-order valence-corrected chi connectivity index (χ2v) is 8.34. The first-order valence-electron chi connectivity index (χ1n) is 11.1. The summed E-state index contributed by atoms with van der Waals surface area (Å²) in [6.45, 7) is 5.17. The summed E-state index contributed by atoms with van der Waals surface area (Å²) in [7, 11) is 0. The van der Waals surface area contributed by atoms with E-state index in [0.29, 0.717) is 0 Å². The lowest BCUT2D eigenvalue weighted by molar-refractivity contribution is 0.896. The summed E-state index contributed by atoms with van der Waals surface area (Å²) in [6.07, 6.45) is 3.00. The largest absolute Gasteiger partial charge is 0.311 e. The zero-order valence-corrected chi connectivity index (χ0v) is 18.6. The predicted molar refractivity (Wildman–Crippen MR) is 136 cm³/mol. The van der Waals surface area contributed by atoms with Crippen LogP contribution in [0.4, 0.5) is 22.7 Å². The molecule has 158 valence electrons. The Morgan fingerprint density at radius 2 is 1.22 bits per heavy atom. The third-order valence-electron chi connectivity index (χ3n) is 5.94. The van der Waals surface area contributed by atoms with Crippen LogP contribution < -0.4 is 9.91 Å². The third kappa shape index (κ3) is 4.15. The normalized spacial score (nSPS) is 12.9. The Hall–Kier alpha value is -3.85. The quantitative estimate of drug-likeness (QED) is 0.321. The molecule has 1 aliphatic rings. The Bertz CT molecular complexity index is 1180. The third-order valence-corrected chi connectivity index (χ3v) is 5.94. The molecule has 0 spiro atoms. The maximum Gasteiger partial charge on any atom is 0.0626 e. The van der Waals surface area contributed by atoms with Gasteiger partial charge in [-0.2, -0.15) is 5.10 Å². The number of rotatable bonds is 5. The van der Waals surface area contributed by atoms with Gasteiger partial charge in [0.15, 0.2) is 0 Å². The highest BCUT2D eigenvalue weighted by Gasteiger charge is 2.17. The maximum absolute atomic E-state index is 4.74. The van der Waals surface area contributed by atoms with Crippen LogP contribution in [0.5, 0.6) is 0 Å². The Kier molecular flexibility index (Phi) is 5.47. The average molecular weight is 418 g/mol. The molecule has 0 radical (unpaired) electrons. The summed E-state index contributed by atoms with van der Waals surface area (Å²) in [6, 6.07) is 34.4. The van der Waals surface area contributed by atoms with Crippen molar-refractivity contribution in [1.82, 2.24) is 0 Å². The monoisotopic (exact) mass is 417 g/mol. The molecule has 0 saturated carbocycles. The van der Waals surface area contributed by atoms with Crippen LogP contribution in [-0.4, -0.2) is 12.8 Å². The molecule has 3 nitrogen and oxygen atoms in total. The van der Waals surface area contributed by atoms with Crippen LogP contribution in [0.25, 0.3) is 0 Å². The van der Waals surface area contributed by atoms with E-state index in [0.717, 1.165) is 35.6 Å². The maximum atomic E-state index is 4.74. The van der Waals surface area contributed by atoms with Crippen molar-refractivity contribution < 1.29 is 0 Å². The summed E-state index contributed by atoms with van der Waals surface area (Å²) < 4.78 is 0. The molecule has 0 unspecified atom stereocenters. The van der Waals surface area contributed by atoms with E-state index in [4.69, 9.17) is 5.10 Å². The molecule has 0 aromatic heterocycles. The highest BCUT2D eigenvalue weighted by Crippen LogP contribution is 2.34. The first kappa shape index (κ1) is 20.1. The number of hydrogen-bond acceptors (Lipinski definition) is 3. The molecule has 4 aromatic rings. The molecule has 0 bridgehead atoms. The smallest absolute Gasteiger partial charge is 0.0626 e. The number of hydrazone groups is 1. The van der Waals surface area contributed by atoms with Crippen LogP contribution in [-0.2, 0) is 6.42 Å². The molecule has 0 saturated heterocycles. The van der Waals surface area contributed by atoms with Gasteiger partial charge in [-0.1, -0.05) is 65.7 Å². The van der Waals surface area contributed by atoms with E-state index in [-0.39, 0.29) is 0 Å². The van der Waals surface area contributed by atoms with Crippen molar-refractivity contribution in [1.29, 1.82) is 0 Å². The Labute approximate surface area is 190 Å². The summed E-state index contributed by atoms with van der Waals surface area (Å²) in [5.41, 5.74) is 9.61. The van der Waals surface area contributed by atoms with Crippen LogP contribution in [0.1, 0.15) is 22.3 Å². The van der Waals surface area contributed by atoms with Gasteiger partial charge in [0.2, 0.25) is 0 Å². The van der Waals surface area contributed by atoms with Gasteiger partial charge in [-0.15, -0.1) is 0 Å². The molecule has 0 aliphatic carbocycles. The molecular formula is C29H27N3. The van der Waals surface area contributed by atoms with Gasteiger partial charge in [-0.3, -0.25) is 5.01 Å². The standard InChI is InChI=1S/C29H27N3/c1-22-7-13-26(14-8-22)32(27-15-9-23(2)10-16-27)28-17-11-24(12-18-28)21-30-31-20-19-25-5-3-4-6-29(25)31/h3-18,21H,19-20H2,1-2H3. The molecular weight excluding hydrogens is 390 g/mol. The summed E-state index contributed by atoms with van der Waals surface area (Å²) in [5, 5.41) is 6.83. The van der Waals surface area contributed by atoms with Crippen LogP contribution >= 0.6 is 0 Å². The Balaban J connectivity index is 1.42. The lowest BCUT2D eigenvalue weighted by atomic mass is 10.1. The molecule has 0 N–H and O–H groups in total. The van der Waals surface area contributed by atoms with Gasteiger partial charge in [0.25, 0.3) is 0 Å². The second-order valence-electron chi connectivity index (χ2n) is 8.34. The molecule has 4 aromatic carbocycles. The molecule has 1 heterocycles. The minimum Gasteiger partial charge on any atom is -0.311 e. The number of fused-ring (bicyclic) bond motifs is 1. The van der Waals surface area contributed by atoms with Crippen molar-refractivity contribution >= 4 is 29.0 Å². The lowest BCUT2D eigenvalue weighted by Gasteiger charge is -2.25. The van der Waals surface area contributed by atoms with Gasteiger partial charge < -0.3 is 4.90 Å². The fraction of sp³-hybridized carbons (Fsp3) is 0.138. The topological polar surface area (TPSA) is 18.8 Å². The molecule has 0 atom stereocenters. The van der Waals surface area contributed by atoms with Crippen molar-refractivity contribution in [3.8, 4) is 0 Å². The van der Waals surface area contributed by atoms with Crippen LogP contribution in [0, 0.1) is 13.8 Å². The van der Waals surface area contributed by atoms with Crippen LogP contribution in [0.3, 0.4) is 0 Å². The number of nitrogens with zero attached hydrogens (tertiary/aromatic N) is 3. The van der Waals surface area contributed by atoms with Gasteiger partial charge in [-0.05, 0) is 73.9 Å². The minimum absolute atomic E-state index is 0.933. The molecule has 1 aliphatic heterocycles. The van der Waals surface area contributed by atoms with Gasteiger partial charge >= 0.3 is 0 Å². The van der Waals surface area contributed by atoms with E-state index in [9.17, 15) is 0 Å². The predicted octanol–water partition coefficient (Wildman–Crippen LogP) is 7.17. The minimum atomic E-state index is 0.933. The first-order valence-corrected chi connectivity index (χ1v) is 11.1. The molecule has 32 heavy (non-hydrogen) atoms. The van der Waals surface area contributed by atoms with E-state index in [1.54, 1.807) is 0 Å². The van der Waals surface area contributed by atoms with Crippen molar-refractivity contribution in [2.45, 2.75) is 20.3 Å². The number of benzene rings is 4. The summed E-state index contributed by atoms with van der Waals surface area (Å²) >= 11 is 0. The van der Waals surface area contributed by atoms with E-state index < -0.39 is 0 Å². The SMILES string of the molecule is Cc1ccc(N(c2ccc(C)cc2)c2ccc(C=NN3CCc4ccccc43)cc2)cc1. The van der Waals surface area contributed by atoms with Crippen LogP contribution in [0.15, 0.2) is 102 Å². The van der Waals surface area contributed by atoms with Gasteiger partial charge in [-0.25, -0.2) is 0 Å². The highest BCUT2D eigenvalue weighted by atomic mass is 15.5. The van der Waals surface area contributed by atoms with Crippen molar-refractivity contribution in [3.05, 3.63) is 119 Å². The Morgan fingerprint density at radius 3 is 1.81 bits per heavy atom. The molecule has 0 fully saturated rings. The molecule has 3 heteroatoms. The average Bonchev–Trinajstić information content (AvgIpc) is 3.24. The van der Waals surface area contributed by atoms with Crippen LogP contribution in [0.2, 0.25) is 0 Å². The van der Waals surface area contributed by atoms with Gasteiger partial charge in [0.05, 0.1) is 11.9 Å². The van der Waals surface area contributed by atoms with Gasteiger partial charge in [0, 0.05) is 23.6 Å². The lowest BCUT2D eigenvalue weighted by Crippen LogP contribution is -2.12. The number of anilines is 4. The second kappa shape index (κ2) is 8.72. The Morgan fingerprint density at radius 1 is 0.688 bits per heavy atom. The molecule has 5 rings (SSSR count). The van der Waals surface area contributed by atoms with Crippen molar-refractivity contribution in [3.63, 3.8) is 0 Å².